The molecule has 26 heavy (non-hydrogen) atoms. The van der Waals surface area contributed by atoms with Crippen molar-refractivity contribution in [3.8, 4) is 0 Å². The molecule has 1 amide bonds. The first-order valence-corrected chi connectivity index (χ1v) is 7.83. The van der Waals surface area contributed by atoms with E-state index in [9.17, 15) is 19.7 Å². The number of nitro groups is 1. The molecule has 9 nitrogen and oxygen atoms in total. The van der Waals surface area contributed by atoms with Crippen LogP contribution in [-0.2, 0) is 11.3 Å². The number of carbonyl (C=O) groups excluding carboxylic acids is 2. The van der Waals surface area contributed by atoms with Crippen molar-refractivity contribution in [2.75, 3.05) is 7.11 Å². The largest absolute Gasteiger partial charge is 0.464 e. The van der Waals surface area contributed by atoms with Gasteiger partial charge in [-0.2, -0.15) is 0 Å². The summed E-state index contributed by atoms with van der Waals surface area (Å²) < 4.78 is 9.78. The highest BCUT2D eigenvalue weighted by atomic mass is 16.6. The lowest BCUT2D eigenvalue weighted by molar-refractivity contribution is -0.385. The third-order valence-electron chi connectivity index (χ3n) is 3.79. The van der Waals surface area contributed by atoms with E-state index in [1.807, 2.05) is 0 Å². The Balaban J connectivity index is 2.28. The number of hydrogen-bond donors (Lipinski definition) is 0. The van der Waals surface area contributed by atoms with Crippen molar-refractivity contribution in [3.05, 3.63) is 57.3 Å². The van der Waals surface area contributed by atoms with Gasteiger partial charge in [-0.15, -0.1) is 0 Å². The fraction of sp³-hybridized carbons (Fsp3) is 0.353. The van der Waals surface area contributed by atoms with Gasteiger partial charge in [0.1, 0.15) is 6.26 Å². The molecule has 2 aromatic rings. The number of aryl methyl sites for hydroxylation is 1. The van der Waals surface area contributed by atoms with Gasteiger partial charge in [-0.1, -0.05) is 6.07 Å². The van der Waals surface area contributed by atoms with Crippen LogP contribution in [0.2, 0.25) is 0 Å². The molecule has 138 valence electrons. The molecule has 1 aromatic heterocycles. The number of ether oxygens (including phenoxy) is 1. The number of benzene rings is 1. The number of esters is 1. The molecule has 0 radical (unpaired) electrons. The Morgan fingerprint density at radius 1 is 1.38 bits per heavy atom. The number of nitro benzene ring substituents is 1. The highest BCUT2D eigenvalue weighted by Crippen LogP contribution is 2.21. The molecular formula is C17H19N3O6. The number of aromatic nitrogens is 1. The van der Waals surface area contributed by atoms with Gasteiger partial charge in [0.25, 0.3) is 11.6 Å². The predicted octanol–water partition coefficient (Wildman–Crippen LogP) is 2.73. The summed E-state index contributed by atoms with van der Waals surface area (Å²) in [4.78, 5) is 40.3. The zero-order valence-corrected chi connectivity index (χ0v) is 14.9. The van der Waals surface area contributed by atoms with E-state index in [4.69, 9.17) is 4.42 Å². The molecule has 0 aliphatic rings. The predicted molar refractivity (Wildman–Crippen MR) is 90.7 cm³/mol. The third kappa shape index (κ3) is 4.05. The van der Waals surface area contributed by atoms with E-state index in [1.165, 1.54) is 30.2 Å². The van der Waals surface area contributed by atoms with Crippen LogP contribution in [0.4, 0.5) is 5.69 Å². The van der Waals surface area contributed by atoms with Gasteiger partial charge in [-0.25, -0.2) is 9.78 Å². The molecule has 0 atom stereocenters. The van der Waals surface area contributed by atoms with Crippen LogP contribution in [0.1, 0.15) is 46.1 Å². The Kier molecular flexibility index (Phi) is 5.71. The molecule has 1 heterocycles. The van der Waals surface area contributed by atoms with Crippen molar-refractivity contribution >= 4 is 17.6 Å². The van der Waals surface area contributed by atoms with Gasteiger partial charge in [0.15, 0.2) is 5.69 Å². The van der Waals surface area contributed by atoms with Crippen LogP contribution in [0.5, 0.6) is 0 Å². The summed E-state index contributed by atoms with van der Waals surface area (Å²) >= 11 is 0. The highest BCUT2D eigenvalue weighted by molar-refractivity contribution is 5.95. The lowest BCUT2D eigenvalue weighted by Crippen LogP contribution is -2.36. The summed E-state index contributed by atoms with van der Waals surface area (Å²) in [5.41, 5.74) is 0.544. The number of nitrogens with zero attached hydrogens (tertiary/aromatic N) is 3. The van der Waals surface area contributed by atoms with Gasteiger partial charge in [-0.3, -0.25) is 14.9 Å². The highest BCUT2D eigenvalue weighted by Gasteiger charge is 2.24. The zero-order chi connectivity index (χ0) is 19.4. The Bertz CT molecular complexity index is 843. The van der Waals surface area contributed by atoms with E-state index >= 15 is 0 Å². The molecule has 2 rings (SSSR count). The maximum absolute atomic E-state index is 12.8. The van der Waals surface area contributed by atoms with E-state index in [0.29, 0.717) is 5.56 Å². The van der Waals surface area contributed by atoms with Crippen LogP contribution in [0, 0.1) is 17.0 Å². The number of methoxy groups -OCH3 is 1. The lowest BCUT2D eigenvalue weighted by atomic mass is 10.1. The minimum absolute atomic E-state index is 0.00429. The van der Waals surface area contributed by atoms with Crippen LogP contribution in [0.15, 0.2) is 28.9 Å². The molecule has 0 saturated heterocycles. The van der Waals surface area contributed by atoms with E-state index < -0.39 is 16.8 Å². The summed E-state index contributed by atoms with van der Waals surface area (Å²) in [7, 11) is 1.23. The minimum Gasteiger partial charge on any atom is -0.464 e. The molecule has 0 unspecified atom stereocenters. The van der Waals surface area contributed by atoms with E-state index in [1.54, 1.807) is 20.8 Å². The lowest BCUT2D eigenvalue weighted by Gasteiger charge is -2.25. The second-order valence-electron chi connectivity index (χ2n) is 5.90. The summed E-state index contributed by atoms with van der Waals surface area (Å²) in [5.74, 6) is -0.883. The first-order chi connectivity index (χ1) is 12.2. The average Bonchev–Trinajstić information content (AvgIpc) is 3.07. The van der Waals surface area contributed by atoms with Crippen molar-refractivity contribution < 1.29 is 23.7 Å². The van der Waals surface area contributed by atoms with Crippen molar-refractivity contribution in [3.63, 3.8) is 0 Å². The van der Waals surface area contributed by atoms with Gasteiger partial charge < -0.3 is 14.1 Å². The normalized spacial score (nSPS) is 10.7. The Morgan fingerprint density at radius 3 is 2.65 bits per heavy atom. The second-order valence-corrected chi connectivity index (χ2v) is 5.90. The topological polar surface area (TPSA) is 116 Å². The minimum atomic E-state index is -0.642. The molecule has 0 saturated carbocycles. The first kappa shape index (κ1) is 19.1. The number of carbonyl (C=O) groups is 2. The zero-order valence-electron chi connectivity index (χ0n) is 14.9. The van der Waals surface area contributed by atoms with E-state index in [0.717, 1.165) is 6.26 Å². The maximum Gasteiger partial charge on any atom is 0.360 e. The SMILES string of the molecule is COC(=O)c1coc(CN(C(=O)c2ccc(C)c([N+](=O)[O-])c2)C(C)C)n1. The van der Waals surface area contributed by atoms with Gasteiger partial charge in [-0.05, 0) is 26.8 Å². The van der Waals surface area contributed by atoms with Crippen LogP contribution in [-0.4, -0.2) is 39.8 Å². The number of oxazole rings is 1. The summed E-state index contributed by atoms with van der Waals surface area (Å²) in [5, 5.41) is 11.1. The van der Waals surface area contributed by atoms with Crippen molar-refractivity contribution in [1.29, 1.82) is 0 Å². The fourth-order valence-electron chi connectivity index (χ4n) is 2.32. The molecule has 9 heteroatoms. The van der Waals surface area contributed by atoms with Crippen LogP contribution in [0.25, 0.3) is 0 Å². The smallest absolute Gasteiger partial charge is 0.360 e. The average molecular weight is 361 g/mol. The molecule has 0 spiro atoms. The standard InChI is InChI=1S/C17H19N3O6/c1-10(2)19(8-15-18-13(9-26-15)17(22)25-4)16(21)12-6-5-11(3)14(7-12)20(23)24/h5-7,9-10H,8H2,1-4H3. The van der Waals surface area contributed by atoms with Gasteiger partial charge in [0.2, 0.25) is 5.89 Å². The summed E-state index contributed by atoms with van der Waals surface area (Å²) in [6.07, 6.45) is 1.15. The van der Waals surface area contributed by atoms with Crippen molar-refractivity contribution in [1.82, 2.24) is 9.88 Å². The molecule has 0 N–H and O–H groups in total. The second kappa shape index (κ2) is 7.77. The molecule has 0 fully saturated rings. The van der Waals surface area contributed by atoms with E-state index in [2.05, 4.69) is 9.72 Å². The number of rotatable bonds is 6. The third-order valence-corrected chi connectivity index (χ3v) is 3.79. The van der Waals surface area contributed by atoms with Crippen LogP contribution < -0.4 is 0 Å². The Labute approximate surface area is 149 Å². The van der Waals surface area contributed by atoms with Gasteiger partial charge in [0, 0.05) is 23.2 Å². The Morgan fingerprint density at radius 2 is 2.08 bits per heavy atom. The summed E-state index contributed by atoms with van der Waals surface area (Å²) in [6, 6.07) is 4.10. The number of amides is 1. The molecular weight excluding hydrogens is 342 g/mol. The van der Waals surface area contributed by atoms with Crippen molar-refractivity contribution in [2.45, 2.75) is 33.4 Å². The van der Waals surface area contributed by atoms with Crippen LogP contribution >= 0.6 is 0 Å². The quantitative estimate of drug-likeness (QED) is 0.441. The van der Waals surface area contributed by atoms with Crippen molar-refractivity contribution in [2.24, 2.45) is 0 Å². The van der Waals surface area contributed by atoms with E-state index in [-0.39, 0.29) is 35.4 Å². The fourth-order valence-corrected chi connectivity index (χ4v) is 2.32. The maximum atomic E-state index is 12.8. The Hall–Kier alpha value is -3.23. The first-order valence-electron chi connectivity index (χ1n) is 7.83. The molecule has 1 aromatic carbocycles. The molecule has 0 bridgehead atoms. The molecule has 0 aliphatic carbocycles. The van der Waals surface area contributed by atoms with Gasteiger partial charge in [0.05, 0.1) is 18.6 Å². The van der Waals surface area contributed by atoms with Gasteiger partial charge >= 0.3 is 5.97 Å². The number of hydrogen-bond acceptors (Lipinski definition) is 7. The monoisotopic (exact) mass is 361 g/mol. The summed E-state index contributed by atoms with van der Waals surface area (Å²) in [6.45, 7) is 5.21. The van der Waals surface area contributed by atoms with Crippen LogP contribution in [0.3, 0.4) is 0 Å². The molecule has 0 aliphatic heterocycles.